The van der Waals surface area contributed by atoms with Gasteiger partial charge in [0.1, 0.15) is 0 Å². The van der Waals surface area contributed by atoms with Gasteiger partial charge in [-0.15, -0.1) is 0 Å². The first-order valence-corrected chi connectivity index (χ1v) is 8.16. The van der Waals surface area contributed by atoms with Gasteiger partial charge in [0.25, 0.3) is 0 Å². The summed E-state index contributed by atoms with van der Waals surface area (Å²) in [7, 11) is -4.46. The molecule has 0 aliphatic heterocycles. The lowest BCUT2D eigenvalue weighted by atomic mass is 9.81. The minimum absolute atomic E-state index is 0.252. The van der Waals surface area contributed by atoms with Crippen LogP contribution in [0.2, 0.25) is 0 Å². The summed E-state index contributed by atoms with van der Waals surface area (Å²) in [6.45, 7) is 5.48. The summed E-state index contributed by atoms with van der Waals surface area (Å²) in [6.07, 6.45) is 2.55. The molecule has 0 saturated carbocycles. The molecule has 3 N–H and O–H groups in total. The molecule has 0 aromatic heterocycles. The third-order valence-electron chi connectivity index (χ3n) is 3.47. The van der Waals surface area contributed by atoms with E-state index in [2.05, 4.69) is 0 Å². The van der Waals surface area contributed by atoms with Crippen molar-refractivity contribution in [3.8, 4) is 0 Å². The van der Waals surface area contributed by atoms with Crippen molar-refractivity contribution in [1.82, 2.24) is 0 Å². The Morgan fingerprint density at radius 2 is 1.56 bits per heavy atom. The Balaban J connectivity index is 5.63. The molecule has 0 saturated heterocycles. The smallest absolute Gasteiger partial charge is 0.332 e. The molecule has 0 amide bonds. The highest BCUT2D eigenvalue weighted by atomic mass is 31.2. The van der Waals surface area contributed by atoms with Gasteiger partial charge in [-0.05, 0) is 19.3 Å². The fourth-order valence-corrected chi connectivity index (χ4v) is 4.42. The molecular formula is C12H25O5P. The summed E-state index contributed by atoms with van der Waals surface area (Å²) in [5.74, 6) is -2.06. The fourth-order valence-electron chi connectivity index (χ4n) is 2.74. The highest BCUT2D eigenvalue weighted by molar-refractivity contribution is 7.53. The third kappa shape index (κ3) is 3.81. The molecule has 0 rings (SSSR count). The summed E-state index contributed by atoms with van der Waals surface area (Å²) < 4.78 is 11.9. The molecule has 5 nitrogen and oxygen atoms in total. The average Bonchev–Trinajstić information content (AvgIpc) is 2.23. The van der Waals surface area contributed by atoms with Gasteiger partial charge in [-0.2, -0.15) is 0 Å². The van der Waals surface area contributed by atoms with E-state index in [0.29, 0.717) is 25.7 Å². The van der Waals surface area contributed by atoms with Crippen LogP contribution in [0.3, 0.4) is 0 Å². The van der Waals surface area contributed by atoms with Gasteiger partial charge in [-0.3, -0.25) is 9.36 Å². The predicted octanol–water partition coefficient (Wildman–Crippen LogP) is 3.00. The standard InChI is InChI=1S/C12H25O5P/c1-4-7-10(11(13)14)12(8-5-2,9-6-3)18(15,16)17/h10H,4-9H2,1-3H3,(H,13,14)(H2,15,16,17). The molecule has 0 heterocycles. The second-order valence-corrected chi connectivity index (χ2v) is 6.81. The molecule has 1 unspecified atom stereocenters. The first-order chi connectivity index (χ1) is 8.26. The van der Waals surface area contributed by atoms with Gasteiger partial charge >= 0.3 is 13.6 Å². The van der Waals surface area contributed by atoms with Crippen LogP contribution >= 0.6 is 7.60 Å². The number of aliphatic carboxylic acids is 1. The van der Waals surface area contributed by atoms with Crippen LogP contribution in [0.25, 0.3) is 0 Å². The van der Waals surface area contributed by atoms with E-state index in [1.54, 1.807) is 0 Å². The summed E-state index contributed by atoms with van der Waals surface area (Å²) in [4.78, 5) is 30.8. The van der Waals surface area contributed by atoms with Crippen molar-refractivity contribution in [3.63, 3.8) is 0 Å². The monoisotopic (exact) mass is 280 g/mol. The summed E-state index contributed by atoms with van der Waals surface area (Å²) in [5.41, 5.74) is 0. The lowest BCUT2D eigenvalue weighted by Crippen LogP contribution is -2.42. The van der Waals surface area contributed by atoms with Crippen molar-refractivity contribution in [3.05, 3.63) is 0 Å². The fraction of sp³-hybridized carbons (Fsp3) is 0.917. The van der Waals surface area contributed by atoms with Crippen LogP contribution in [-0.4, -0.2) is 26.0 Å². The van der Waals surface area contributed by atoms with Crippen LogP contribution in [0.1, 0.15) is 59.3 Å². The molecule has 1 atom stereocenters. The van der Waals surface area contributed by atoms with E-state index in [4.69, 9.17) is 0 Å². The molecule has 108 valence electrons. The van der Waals surface area contributed by atoms with Crippen molar-refractivity contribution < 1.29 is 24.3 Å². The van der Waals surface area contributed by atoms with E-state index < -0.39 is 24.6 Å². The van der Waals surface area contributed by atoms with Gasteiger partial charge < -0.3 is 14.9 Å². The second-order valence-electron chi connectivity index (χ2n) is 4.83. The normalized spacial score (nSPS) is 14.5. The highest BCUT2D eigenvalue weighted by Crippen LogP contribution is 2.60. The van der Waals surface area contributed by atoms with Crippen LogP contribution in [-0.2, 0) is 9.36 Å². The van der Waals surface area contributed by atoms with Crippen LogP contribution in [0.15, 0.2) is 0 Å². The van der Waals surface area contributed by atoms with E-state index >= 15 is 0 Å². The van der Waals surface area contributed by atoms with Crippen molar-refractivity contribution >= 4 is 13.6 Å². The Morgan fingerprint density at radius 3 is 1.78 bits per heavy atom. The van der Waals surface area contributed by atoms with Crippen molar-refractivity contribution in [2.24, 2.45) is 5.92 Å². The molecule has 0 aliphatic rings. The Morgan fingerprint density at radius 1 is 1.11 bits per heavy atom. The van der Waals surface area contributed by atoms with Crippen molar-refractivity contribution in [2.75, 3.05) is 0 Å². The topological polar surface area (TPSA) is 94.8 Å². The van der Waals surface area contributed by atoms with Crippen LogP contribution in [0.4, 0.5) is 0 Å². The summed E-state index contributed by atoms with van der Waals surface area (Å²) >= 11 is 0. The lowest BCUT2D eigenvalue weighted by Gasteiger charge is -2.39. The molecule has 0 aromatic carbocycles. The Bertz CT molecular complexity index is 304. The zero-order valence-corrected chi connectivity index (χ0v) is 12.3. The summed E-state index contributed by atoms with van der Waals surface area (Å²) in [6, 6.07) is 0. The molecule has 0 aliphatic carbocycles. The molecule has 6 heteroatoms. The molecule has 0 radical (unpaired) electrons. The molecular weight excluding hydrogens is 255 g/mol. The maximum atomic E-state index is 11.9. The number of hydrogen-bond donors (Lipinski definition) is 3. The maximum absolute atomic E-state index is 11.9. The van der Waals surface area contributed by atoms with E-state index in [9.17, 15) is 24.3 Å². The number of carboxylic acid groups (broad SMARTS) is 1. The number of hydrogen-bond acceptors (Lipinski definition) is 2. The van der Waals surface area contributed by atoms with Gasteiger partial charge in [0.2, 0.25) is 0 Å². The van der Waals surface area contributed by atoms with Crippen LogP contribution in [0.5, 0.6) is 0 Å². The quantitative estimate of drug-likeness (QED) is 0.564. The number of carbonyl (C=O) groups is 1. The first kappa shape index (κ1) is 17.6. The Hall–Kier alpha value is -0.380. The Kier molecular flexibility index (Phi) is 7.11. The minimum atomic E-state index is -4.46. The SMILES string of the molecule is CCCC(C(=O)O)C(CCC)(CCC)P(=O)(O)O. The van der Waals surface area contributed by atoms with Gasteiger partial charge in [-0.25, -0.2) is 0 Å². The predicted molar refractivity (Wildman–Crippen MR) is 70.6 cm³/mol. The van der Waals surface area contributed by atoms with Crippen LogP contribution in [0, 0.1) is 5.92 Å². The highest BCUT2D eigenvalue weighted by Gasteiger charge is 2.53. The minimum Gasteiger partial charge on any atom is -0.481 e. The van der Waals surface area contributed by atoms with E-state index in [-0.39, 0.29) is 12.8 Å². The summed E-state index contributed by atoms with van der Waals surface area (Å²) in [5, 5.41) is 7.91. The van der Waals surface area contributed by atoms with E-state index in [1.807, 2.05) is 20.8 Å². The lowest BCUT2D eigenvalue weighted by molar-refractivity contribution is -0.144. The molecule has 0 aromatic rings. The van der Waals surface area contributed by atoms with Crippen molar-refractivity contribution in [2.45, 2.75) is 64.5 Å². The zero-order valence-electron chi connectivity index (χ0n) is 11.4. The van der Waals surface area contributed by atoms with Gasteiger partial charge in [-0.1, -0.05) is 40.0 Å². The van der Waals surface area contributed by atoms with Crippen LogP contribution < -0.4 is 0 Å². The average molecular weight is 280 g/mol. The first-order valence-electron chi connectivity index (χ1n) is 6.55. The number of carboxylic acids is 1. The van der Waals surface area contributed by atoms with Crippen molar-refractivity contribution in [1.29, 1.82) is 0 Å². The molecule has 0 fully saturated rings. The molecule has 0 spiro atoms. The Labute approximate surface area is 109 Å². The second kappa shape index (κ2) is 7.27. The molecule has 0 bridgehead atoms. The third-order valence-corrected chi connectivity index (χ3v) is 5.39. The zero-order chi connectivity index (χ0) is 14.4. The van der Waals surface area contributed by atoms with Gasteiger partial charge in [0, 0.05) is 0 Å². The molecule has 18 heavy (non-hydrogen) atoms. The van der Waals surface area contributed by atoms with E-state index in [1.165, 1.54) is 0 Å². The van der Waals surface area contributed by atoms with Gasteiger partial charge in [0.05, 0.1) is 11.1 Å². The van der Waals surface area contributed by atoms with E-state index in [0.717, 1.165) is 0 Å². The number of rotatable bonds is 9. The van der Waals surface area contributed by atoms with Gasteiger partial charge in [0.15, 0.2) is 0 Å². The largest absolute Gasteiger partial charge is 0.481 e. The maximum Gasteiger partial charge on any atom is 0.332 e.